The number of carbonyl (C=O) groups excluding carboxylic acids is 1. The van der Waals surface area contributed by atoms with Crippen LogP contribution in [-0.2, 0) is 14.3 Å². The first-order valence-electron chi connectivity index (χ1n) is 9.43. The zero-order chi connectivity index (χ0) is 19.7. The van der Waals surface area contributed by atoms with Gasteiger partial charge in [0.1, 0.15) is 6.10 Å². The smallest absolute Gasteiger partial charge is 0.309 e. The van der Waals surface area contributed by atoms with Gasteiger partial charge in [0.15, 0.2) is 0 Å². The van der Waals surface area contributed by atoms with E-state index in [-0.39, 0.29) is 23.2 Å². The Morgan fingerprint density at radius 2 is 1.96 bits per heavy atom. The summed E-state index contributed by atoms with van der Waals surface area (Å²) in [6.07, 6.45) is 7.30. The van der Waals surface area contributed by atoms with Crippen molar-refractivity contribution in [3.63, 3.8) is 0 Å². The van der Waals surface area contributed by atoms with Gasteiger partial charge in [-0.3, -0.25) is 9.59 Å². The van der Waals surface area contributed by atoms with Gasteiger partial charge in [-0.1, -0.05) is 49.8 Å². The summed E-state index contributed by atoms with van der Waals surface area (Å²) in [6.45, 7) is 15.5. The first-order valence-corrected chi connectivity index (χ1v) is 9.43. The van der Waals surface area contributed by atoms with Gasteiger partial charge in [-0.25, -0.2) is 0 Å². The van der Waals surface area contributed by atoms with E-state index in [0.29, 0.717) is 12.8 Å². The second-order valence-electron chi connectivity index (χ2n) is 8.51. The average molecular weight is 360 g/mol. The summed E-state index contributed by atoms with van der Waals surface area (Å²) < 4.78 is 5.64. The molecule has 5 unspecified atom stereocenters. The number of allylic oxidation sites excluding steroid dienone is 3. The summed E-state index contributed by atoms with van der Waals surface area (Å²) in [5, 5.41) is 10.0. The molecule has 4 nitrogen and oxygen atoms in total. The molecule has 0 aromatic rings. The molecule has 0 aliphatic heterocycles. The van der Waals surface area contributed by atoms with E-state index < -0.39 is 17.5 Å². The van der Waals surface area contributed by atoms with Crippen molar-refractivity contribution in [2.24, 2.45) is 22.7 Å². The highest BCUT2D eigenvalue weighted by Crippen LogP contribution is 2.62. The van der Waals surface area contributed by atoms with Crippen molar-refractivity contribution in [3.8, 4) is 0 Å². The fourth-order valence-corrected chi connectivity index (χ4v) is 5.47. The van der Waals surface area contributed by atoms with Crippen LogP contribution in [0.15, 0.2) is 36.5 Å². The van der Waals surface area contributed by atoms with Crippen molar-refractivity contribution in [3.05, 3.63) is 36.5 Å². The van der Waals surface area contributed by atoms with Crippen LogP contribution in [0.25, 0.3) is 0 Å². The SMILES string of the molecule is C=CC(C)=CCC1C(=C)CC(OC(C)=O)C2C(C)(C(=O)O)CCCC12C. The summed E-state index contributed by atoms with van der Waals surface area (Å²) in [7, 11) is 0. The molecule has 2 aliphatic rings. The van der Waals surface area contributed by atoms with Crippen molar-refractivity contribution in [1.82, 2.24) is 0 Å². The van der Waals surface area contributed by atoms with Gasteiger partial charge in [-0.2, -0.15) is 0 Å². The van der Waals surface area contributed by atoms with E-state index >= 15 is 0 Å². The third-order valence-corrected chi connectivity index (χ3v) is 6.74. The second-order valence-corrected chi connectivity index (χ2v) is 8.51. The lowest BCUT2D eigenvalue weighted by atomic mass is 9.46. The van der Waals surface area contributed by atoms with Crippen LogP contribution >= 0.6 is 0 Å². The van der Waals surface area contributed by atoms with E-state index in [2.05, 4.69) is 26.2 Å². The summed E-state index contributed by atoms with van der Waals surface area (Å²) >= 11 is 0. The molecule has 0 aromatic heterocycles. The van der Waals surface area contributed by atoms with E-state index in [4.69, 9.17) is 4.74 Å². The molecule has 1 N–H and O–H groups in total. The highest BCUT2D eigenvalue weighted by atomic mass is 16.5. The first-order chi connectivity index (χ1) is 12.1. The molecule has 5 atom stereocenters. The lowest BCUT2D eigenvalue weighted by Gasteiger charge is -2.59. The number of fused-ring (bicyclic) bond motifs is 1. The minimum atomic E-state index is -0.900. The fourth-order valence-electron chi connectivity index (χ4n) is 5.47. The van der Waals surface area contributed by atoms with E-state index in [9.17, 15) is 14.7 Å². The van der Waals surface area contributed by atoms with Gasteiger partial charge in [0, 0.05) is 19.3 Å². The predicted molar refractivity (Wildman–Crippen MR) is 103 cm³/mol. The number of esters is 1. The minimum Gasteiger partial charge on any atom is -0.481 e. The molecular weight excluding hydrogens is 328 g/mol. The number of ether oxygens (including phenoxy) is 1. The van der Waals surface area contributed by atoms with Gasteiger partial charge >= 0.3 is 11.9 Å². The van der Waals surface area contributed by atoms with Gasteiger partial charge in [0.2, 0.25) is 0 Å². The summed E-state index contributed by atoms with van der Waals surface area (Å²) in [5.41, 5.74) is 0.997. The summed E-state index contributed by atoms with van der Waals surface area (Å²) in [5.74, 6) is -1.20. The quantitative estimate of drug-likeness (QED) is 0.430. The van der Waals surface area contributed by atoms with Crippen LogP contribution in [0, 0.1) is 22.7 Å². The van der Waals surface area contributed by atoms with Crippen LogP contribution < -0.4 is 0 Å². The van der Waals surface area contributed by atoms with Crippen LogP contribution in [0.1, 0.15) is 59.8 Å². The molecule has 2 rings (SSSR count). The molecule has 0 spiro atoms. The van der Waals surface area contributed by atoms with Crippen LogP contribution in [0.3, 0.4) is 0 Å². The van der Waals surface area contributed by atoms with E-state index in [1.54, 1.807) is 0 Å². The maximum Gasteiger partial charge on any atom is 0.309 e. The van der Waals surface area contributed by atoms with E-state index in [1.165, 1.54) is 6.92 Å². The Bertz CT molecular complexity index is 647. The highest BCUT2D eigenvalue weighted by molar-refractivity contribution is 5.75. The van der Waals surface area contributed by atoms with Gasteiger partial charge in [-0.15, -0.1) is 0 Å². The van der Waals surface area contributed by atoms with Crippen molar-refractivity contribution >= 4 is 11.9 Å². The molecule has 0 saturated heterocycles. The zero-order valence-corrected chi connectivity index (χ0v) is 16.5. The lowest BCUT2D eigenvalue weighted by molar-refractivity contribution is -0.188. The largest absolute Gasteiger partial charge is 0.481 e. The molecule has 144 valence electrons. The maximum atomic E-state index is 12.2. The Balaban J connectivity index is 2.51. The molecule has 0 bridgehead atoms. The fraction of sp³-hybridized carbons (Fsp3) is 0.636. The number of aliphatic carboxylic acids is 1. The van der Waals surface area contributed by atoms with Crippen molar-refractivity contribution in [2.75, 3.05) is 0 Å². The Hall–Kier alpha value is -1.84. The Morgan fingerprint density at radius 3 is 2.50 bits per heavy atom. The number of carbonyl (C=O) groups is 2. The minimum absolute atomic E-state index is 0.174. The number of carboxylic acid groups (broad SMARTS) is 1. The highest BCUT2D eigenvalue weighted by Gasteiger charge is 2.61. The van der Waals surface area contributed by atoms with Crippen LogP contribution in [0.4, 0.5) is 0 Å². The molecule has 2 saturated carbocycles. The molecule has 0 radical (unpaired) electrons. The van der Waals surface area contributed by atoms with Crippen LogP contribution in [0.5, 0.6) is 0 Å². The molecule has 0 heterocycles. The standard InChI is InChI=1S/C22H32O4/c1-7-14(2)9-10-17-15(3)13-18(26-16(4)23)19-21(17,5)11-8-12-22(19,6)20(24)25/h7,9,17-19H,1,3,8,10-13H2,2,4-6H3,(H,24,25). The molecule has 0 aromatic carbocycles. The van der Waals surface area contributed by atoms with Crippen LogP contribution in [0.2, 0.25) is 0 Å². The Kier molecular flexibility index (Phi) is 5.84. The van der Waals surface area contributed by atoms with Gasteiger partial charge < -0.3 is 9.84 Å². The first kappa shape index (κ1) is 20.5. The summed E-state index contributed by atoms with van der Waals surface area (Å²) in [4.78, 5) is 23.9. The topological polar surface area (TPSA) is 63.6 Å². The van der Waals surface area contributed by atoms with E-state index in [0.717, 1.165) is 30.4 Å². The molecule has 2 fully saturated rings. The summed E-state index contributed by atoms with van der Waals surface area (Å²) in [6, 6.07) is 0. The number of hydrogen-bond donors (Lipinski definition) is 1. The molecule has 26 heavy (non-hydrogen) atoms. The lowest BCUT2D eigenvalue weighted by Crippen LogP contribution is -2.59. The molecular formula is C22H32O4. The van der Waals surface area contributed by atoms with Gasteiger partial charge in [0.25, 0.3) is 0 Å². The maximum absolute atomic E-state index is 12.2. The number of hydrogen-bond acceptors (Lipinski definition) is 3. The Morgan fingerprint density at radius 1 is 1.31 bits per heavy atom. The third kappa shape index (κ3) is 3.51. The van der Waals surface area contributed by atoms with Gasteiger partial charge in [-0.05, 0) is 44.4 Å². The monoisotopic (exact) mass is 360 g/mol. The third-order valence-electron chi connectivity index (χ3n) is 6.74. The molecule has 0 amide bonds. The normalized spacial score (nSPS) is 37.6. The Labute approximate surface area is 157 Å². The predicted octanol–water partition coefficient (Wildman–Crippen LogP) is 4.91. The van der Waals surface area contributed by atoms with Crippen LogP contribution in [-0.4, -0.2) is 23.1 Å². The van der Waals surface area contributed by atoms with Crippen molar-refractivity contribution < 1.29 is 19.4 Å². The number of rotatable bonds is 5. The van der Waals surface area contributed by atoms with Crippen molar-refractivity contribution in [2.45, 2.75) is 65.9 Å². The second kappa shape index (κ2) is 7.42. The average Bonchev–Trinajstić information content (AvgIpc) is 2.52. The number of carboxylic acids is 1. The molecule has 2 aliphatic carbocycles. The zero-order valence-electron chi connectivity index (χ0n) is 16.5. The van der Waals surface area contributed by atoms with Gasteiger partial charge in [0.05, 0.1) is 5.41 Å². The van der Waals surface area contributed by atoms with E-state index in [1.807, 2.05) is 19.9 Å². The molecule has 4 heteroatoms. The van der Waals surface area contributed by atoms with Crippen molar-refractivity contribution in [1.29, 1.82) is 0 Å².